The number of halogens is 2. The van der Waals surface area contributed by atoms with Gasteiger partial charge in [-0.05, 0) is 32.2 Å². The van der Waals surface area contributed by atoms with Crippen molar-refractivity contribution in [3.8, 4) is 0 Å². The van der Waals surface area contributed by atoms with Gasteiger partial charge in [-0.3, -0.25) is 4.79 Å². The van der Waals surface area contributed by atoms with Crippen molar-refractivity contribution in [3.05, 3.63) is 18.2 Å². The highest BCUT2D eigenvalue weighted by Gasteiger charge is 2.27. The minimum absolute atomic E-state index is 0.154. The monoisotopic (exact) mass is 349 g/mol. The lowest BCUT2D eigenvalue weighted by Crippen LogP contribution is -2.29. The van der Waals surface area contributed by atoms with E-state index in [0.29, 0.717) is 18.8 Å². The highest BCUT2D eigenvalue weighted by atomic mass is 32.2. The van der Waals surface area contributed by atoms with Crippen LogP contribution in [0.25, 0.3) is 0 Å². The zero-order chi connectivity index (χ0) is 17.6. The van der Waals surface area contributed by atoms with Crippen molar-refractivity contribution in [1.29, 1.82) is 0 Å². The van der Waals surface area contributed by atoms with Gasteiger partial charge < -0.3 is 16.0 Å². The third-order valence-corrected chi connectivity index (χ3v) is 4.52. The molecule has 0 radical (unpaired) electrons. The lowest BCUT2D eigenvalue weighted by molar-refractivity contribution is -0.119. The summed E-state index contributed by atoms with van der Waals surface area (Å²) in [7, 11) is -3.02. The van der Waals surface area contributed by atoms with Gasteiger partial charge in [-0.2, -0.15) is 8.78 Å². The Morgan fingerprint density at radius 2 is 1.91 bits per heavy atom. The summed E-state index contributed by atoms with van der Waals surface area (Å²) in [6.45, 7) is 4.46. The number of carbonyl (C=O) groups is 1. The summed E-state index contributed by atoms with van der Waals surface area (Å²) >= 11 is 0. The predicted molar refractivity (Wildman–Crippen MR) is 85.5 cm³/mol. The van der Waals surface area contributed by atoms with Gasteiger partial charge in [0.05, 0.1) is 16.3 Å². The average molecular weight is 349 g/mol. The zero-order valence-electron chi connectivity index (χ0n) is 13.2. The van der Waals surface area contributed by atoms with E-state index in [4.69, 9.17) is 0 Å². The number of hydrogen-bond acceptors (Lipinski definition) is 5. The maximum absolute atomic E-state index is 12.7. The molecule has 3 N–H and O–H groups in total. The maximum Gasteiger partial charge on any atom is 0.341 e. The molecule has 1 unspecified atom stereocenters. The summed E-state index contributed by atoms with van der Waals surface area (Å²) < 4.78 is 48.5. The number of alkyl halides is 2. The van der Waals surface area contributed by atoms with E-state index >= 15 is 0 Å². The molecular formula is C14H21F2N3O3S. The molecular weight excluding hydrogens is 328 g/mol. The van der Waals surface area contributed by atoms with Gasteiger partial charge in [0.25, 0.3) is 0 Å². The molecule has 1 amide bonds. The Morgan fingerprint density at radius 3 is 2.43 bits per heavy atom. The Morgan fingerprint density at radius 1 is 1.26 bits per heavy atom. The zero-order valence-corrected chi connectivity index (χ0v) is 14.0. The van der Waals surface area contributed by atoms with E-state index in [0.717, 1.165) is 12.1 Å². The molecule has 1 aromatic carbocycles. The van der Waals surface area contributed by atoms with E-state index in [-0.39, 0.29) is 17.5 Å². The smallest absolute Gasteiger partial charge is 0.341 e. The van der Waals surface area contributed by atoms with E-state index in [1.165, 1.54) is 6.07 Å². The quantitative estimate of drug-likeness (QED) is 0.667. The topological polar surface area (TPSA) is 87.3 Å². The van der Waals surface area contributed by atoms with Crippen LogP contribution in [0, 0.1) is 5.92 Å². The summed E-state index contributed by atoms with van der Waals surface area (Å²) in [5.74, 6) is -4.23. The van der Waals surface area contributed by atoms with Crippen LogP contribution >= 0.6 is 0 Å². The normalized spacial score (nSPS) is 13.0. The summed E-state index contributed by atoms with van der Waals surface area (Å²) in [5.41, 5.74) is 0.618. The number of amides is 1. The van der Waals surface area contributed by atoms with Crippen LogP contribution in [0.5, 0.6) is 0 Å². The van der Waals surface area contributed by atoms with Crippen LogP contribution < -0.4 is 16.0 Å². The second-order valence-electron chi connectivity index (χ2n) is 4.99. The predicted octanol–water partition coefficient (Wildman–Crippen LogP) is 1.91. The SMILES string of the molecule is CCNc1ccc(S(=O)(=O)C(F)F)cc1NC(=O)C(C)CNC. The van der Waals surface area contributed by atoms with E-state index in [1.807, 2.05) is 6.92 Å². The molecule has 1 rings (SSSR count). The molecule has 0 aliphatic rings. The van der Waals surface area contributed by atoms with Gasteiger partial charge in [-0.1, -0.05) is 6.92 Å². The minimum atomic E-state index is -4.72. The number of hydrogen-bond donors (Lipinski definition) is 3. The number of carbonyl (C=O) groups excluding carboxylic acids is 1. The molecule has 1 atom stereocenters. The van der Waals surface area contributed by atoms with Crippen LogP contribution in [-0.4, -0.2) is 40.2 Å². The summed E-state index contributed by atoms with van der Waals surface area (Å²) in [4.78, 5) is 11.5. The van der Waals surface area contributed by atoms with E-state index in [9.17, 15) is 22.0 Å². The summed E-state index contributed by atoms with van der Waals surface area (Å²) in [6.07, 6.45) is 0. The Balaban J connectivity index is 3.19. The fourth-order valence-electron chi connectivity index (χ4n) is 1.91. The average Bonchev–Trinajstić information content (AvgIpc) is 2.49. The number of nitrogens with one attached hydrogen (secondary N) is 3. The van der Waals surface area contributed by atoms with Crippen LogP contribution in [0.3, 0.4) is 0 Å². The molecule has 0 aliphatic heterocycles. The fraction of sp³-hybridized carbons (Fsp3) is 0.500. The summed E-state index contributed by atoms with van der Waals surface area (Å²) in [6, 6.07) is 3.49. The number of sulfone groups is 1. The molecule has 23 heavy (non-hydrogen) atoms. The molecule has 9 heteroatoms. The third kappa shape index (κ3) is 4.87. The van der Waals surface area contributed by atoms with Crippen LogP contribution in [0.1, 0.15) is 13.8 Å². The molecule has 0 saturated heterocycles. The molecule has 0 spiro atoms. The largest absolute Gasteiger partial charge is 0.384 e. The first-order valence-corrected chi connectivity index (χ1v) is 8.64. The molecule has 6 nitrogen and oxygen atoms in total. The van der Waals surface area contributed by atoms with Crippen molar-refractivity contribution < 1.29 is 22.0 Å². The molecule has 0 aromatic heterocycles. The van der Waals surface area contributed by atoms with Crippen molar-refractivity contribution in [2.75, 3.05) is 30.8 Å². The Hall–Kier alpha value is -1.74. The number of anilines is 2. The van der Waals surface area contributed by atoms with Crippen molar-refractivity contribution in [3.63, 3.8) is 0 Å². The Kier molecular flexibility index (Phi) is 6.89. The molecule has 0 heterocycles. The van der Waals surface area contributed by atoms with Crippen molar-refractivity contribution in [2.45, 2.75) is 24.5 Å². The molecule has 0 aliphatic carbocycles. The summed E-state index contributed by atoms with van der Waals surface area (Å²) in [5, 5.41) is 8.38. The van der Waals surface area contributed by atoms with Crippen LogP contribution in [-0.2, 0) is 14.6 Å². The lowest BCUT2D eigenvalue weighted by atomic mass is 10.1. The minimum Gasteiger partial charge on any atom is -0.384 e. The lowest BCUT2D eigenvalue weighted by Gasteiger charge is -2.16. The van der Waals surface area contributed by atoms with Crippen molar-refractivity contribution in [2.24, 2.45) is 5.92 Å². The van der Waals surface area contributed by atoms with Gasteiger partial charge in [-0.25, -0.2) is 8.42 Å². The molecule has 0 saturated carbocycles. The Labute approximate surface area is 134 Å². The molecule has 130 valence electrons. The Bertz CT molecular complexity index is 651. The van der Waals surface area contributed by atoms with Gasteiger partial charge in [-0.15, -0.1) is 0 Å². The van der Waals surface area contributed by atoms with Gasteiger partial charge in [0.15, 0.2) is 0 Å². The van der Waals surface area contributed by atoms with E-state index in [1.54, 1.807) is 14.0 Å². The van der Waals surface area contributed by atoms with Gasteiger partial charge >= 0.3 is 5.76 Å². The van der Waals surface area contributed by atoms with Crippen LogP contribution in [0.4, 0.5) is 20.2 Å². The highest BCUT2D eigenvalue weighted by molar-refractivity contribution is 7.91. The second-order valence-corrected chi connectivity index (χ2v) is 6.91. The molecule has 1 aromatic rings. The van der Waals surface area contributed by atoms with Gasteiger partial charge in [0, 0.05) is 19.0 Å². The van der Waals surface area contributed by atoms with E-state index < -0.39 is 20.5 Å². The van der Waals surface area contributed by atoms with Gasteiger partial charge in [0.1, 0.15) is 0 Å². The third-order valence-electron chi connectivity index (χ3n) is 3.14. The maximum atomic E-state index is 12.7. The molecule has 0 bridgehead atoms. The highest BCUT2D eigenvalue weighted by Crippen LogP contribution is 2.28. The first kappa shape index (κ1) is 19.3. The number of benzene rings is 1. The number of rotatable bonds is 8. The van der Waals surface area contributed by atoms with Crippen LogP contribution in [0.2, 0.25) is 0 Å². The fourth-order valence-corrected chi connectivity index (χ4v) is 2.65. The second kappa shape index (κ2) is 8.21. The van der Waals surface area contributed by atoms with Gasteiger partial charge in [0.2, 0.25) is 15.7 Å². The standard InChI is InChI=1S/C14H21F2N3O3S/c1-4-18-11-6-5-10(23(21,22)14(15)16)7-12(11)19-13(20)9(2)8-17-3/h5-7,9,14,17-18H,4,8H2,1-3H3,(H,19,20). The molecule has 0 fully saturated rings. The van der Waals surface area contributed by atoms with E-state index in [2.05, 4.69) is 16.0 Å². The first-order chi connectivity index (χ1) is 10.7. The van der Waals surface area contributed by atoms with Crippen molar-refractivity contribution >= 4 is 27.1 Å². The first-order valence-electron chi connectivity index (χ1n) is 7.09. The van der Waals surface area contributed by atoms with Crippen LogP contribution in [0.15, 0.2) is 23.1 Å². The van der Waals surface area contributed by atoms with Crippen molar-refractivity contribution in [1.82, 2.24) is 5.32 Å².